The number of rotatable bonds is 4. The zero-order valence-electron chi connectivity index (χ0n) is 11.0. The highest BCUT2D eigenvalue weighted by Gasteiger charge is 2.24. The summed E-state index contributed by atoms with van der Waals surface area (Å²) in [6.45, 7) is 3.24. The number of carbonyl (C=O) groups excluding carboxylic acids is 1. The van der Waals surface area contributed by atoms with E-state index < -0.39 is 0 Å². The van der Waals surface area contributed by atoms with Gasteiger partial charge in [0, 0.05) is 11.1 Å². The Bertz CT molecular complexity index is 603. The molecule has 0 aliphatic carbocycles. The van der Waals surface area contributed by atoms with E-state index in [1.54, 1.807) is 0 Å². The molecule has 1 unspecified atom stereocenters. The predicted molar refractivity (Wildman–Crippen MR) is 72.3 cm³/mol. The minimum Gasteiger partial charge on any atom is -0.343 e. The van der Waals surface area contributed by atoms with Gasteiger partial charge in [-0.2, -0.15) is 4.98 Å². The third-order valence-corrected chi connectivity index (χ3v) is 4.04. The summed E-state index contributed by atoms with van der Waals surface area (Å²) in [4.78, 5) is 20.3. The van der Waals surface area contributed by atoms with Crippen molar-refractivity contribution in [2.75, 3.05) is 6.54 Å². The molecule has 0 saturated carbocycles. The number of aromatic nitrogens is 3. The molecule has 2 aromatic rings. The lowest BCUT2D eigenvalue weighted by molar-refractivity contribution is 0.0937. The predicted octanol–water partition coefficient (Wildman–Crippen LogP) is 1.19. The highest BCUT2D eigenvalue weighted by Crippen LogP contribution is 2.21. The van der Waals surface area contributed by atoms with Crippen molar-refractivity contribution >= 4 is 17.2 Å². The van der Waals surface area contributed by atoms with Gasteiger partial charge in [-0.05, 0) is 26.3 Å². The molecule has 1 aliphatic rings. The zero-order valence-corrected chi connectivity index (χ0v) is 11.9. The van der Waals surface area contributed by atoms with E-state index in [0.29, 0.717) is 12.4 Å². The molecule has 7 nitrogen and oxygen atoms in total. The summed E-state index contributed by atoms with van der Waals surface area (Å²) >= 11 is 1.51. The first-order valence-electron chi connectivity index (χ1n) is 6.48. The largest absolute Gasteiger partial charge is 0.343 e. The van der Waals surface area contributed by atoms with Gasteiger partial charge in [-0.25, -0.2) is 4.98 Å². The Morgan fingerprint density at radius 2 is 2.50 bits per heavy atom. The fourth-order valence-electron chi connectivity index (χ4n) is 2.08. The normalized spacial score (nSPS) is 18.4. The summed E-state index contributed by atoms with van der Waals surface area (Å²) in [7, 11) is 0. The standard InChI is InChI=1S/C12H15N5O2S/c1-7-6-20-9(15-7)5-14-11(18)10-16-12(19-17-10)8-3-2-4-13-8/h6,8,13H,2-5H2,1H3,(H,14,18). The van der Waals surface area contributed by atoms with Gasteiger partial charge in [0.2, 0.25) is 5.89 Å². The number of hydrogen-bond donors (Lipinski definition) is 2. The van der Waals surface area contributed by atoms with E-state index in [1.165, 1.54) is 11.3 Å². The van der Waals surface area contributed by atoms with Crippen LogP contribution in [-0.4, -0.2) is 27.6 Å². The quantitative estimate of drug-likeness (QED) is 0.879. The Kier molecular flexibility index (Phi) is 3.75. The van der Waals surface area contributed by atoms with Crippen LogP contribution in [0.25, 0.3) is 0 Å². The molecule has 20 heavy (non-hydrogen) atoms. The molecule has 3 rings (SSSR count). The van der Waals surface area contributed by atoms with Crippen molar-refractivity contribution in [3.63, 3.8) is 0 Å². The zero-order chi connectivity index (χ0) is 13.9. The van der Waals surface area contributed by atoms with Crippen molar-refractivity contribution in [3.8, 4) is 0 Å². The SMILES string of the molecule is Cc1csc(CNC(=O)c2noc(C3CCCN3)n2)n1. The first-order valence-corrected chi connectivity index (χ1v) is 7.36. The van der Waals surface area contributed by atoms with Gasteiger partial charge >= 0.3 is 0 Å². The molecule has 2 N–H and O–H groups in total. The summed E-state index contributed by atoms with van der Waals surface area (Å²) in [6.07, 6.45) is 2.04. The first kappa shape index (κ1) is 13.2. The molecule has 0 aromatic carbocycles. The second-order valence-corrected chi connectivity index (χ2v) is 5.61. The number of nitrogens with zero attached hydrogens (tertiary/aromatic N) is 3. The Morgan fingerprint density at radius 3 is 3.20 bits per heavy atom. The van der Waals surface area contributed by atoms with Crippen molar-refractivity contribution in [3.05, 3.63) is 27.8 Å². The second-order valence-electron chi connectivity index (χ2n) is 4.67. The molecule has 0 radical (unpaired) electrons. The van der Waals surface area contributed by atoms with Crippen LogP contribution in [-0.2, 0) is 6.54 Å². The highest BCUT2D eigenvalue weighted by molar-refractivity contribution is 7.09. The average molecular weight is 293 g/mol. The van der Waals surface area contributed by atoms with E-state index in [1.807, 2.05) is 12.3 Å². The number of hydrogen-bond acceptors (Lipinski definition) is 7. The van der Waals surface area contributed by atoms with Gasteiger partial charge in [-0.3, -0.25) is 4.79 Å². The van der Waals surface area contributed by atoms with Gasteiger partial charge in [-0.15, -0.1) is 11.3 Å². The summed E-state index contributed by atoms with van der Waals surface area (Å²) < 4.78 is 5.13. The minimum absolute atomic E-state index is 0.0713. The lowest BCUT2D eigenvalue weighted by Gasteiger charge is -2.01. The molecule has 2 aromatic heterocycles. The Hall–Kier alpha value is -1.80. The maximum absolute atomic E-state index is 11.9. The number of nitrogens with one attached hydrogen (secondary N) is 2. The number of aryl methyl sites for hydroxylation is 1. The molecule has 1 saturated heterocycles. The molecule has 8 heteroatoms. The molecule has 1 aliphatic heterocycles. The van der Waals surface area contributed by atoms with Gasteiger partial charge < -0.3 is 15.2 Å². The van der Waals surface area contributed by atoms with Crippen molar-refractivity contribution in [1.82, 2.24) is 25.8 Å². The van der Waals surface area contributed by atoms with E-state index in [0.717, 1.165) is 30.1 Å². The maximum Gasteiger partial charge on any atom is 0.293 e. The second kappa shape index (κ2) is 5.68. The van der Waals surface area contributed by atoms with Gasteiger partial charge in [0.1, 0.15) is 5.01 Å². The van der Waals surface area contributed by atoms with Crippen LogP contribution in [0.15, 0.2) is 9.90 Å². The molecule has 106 valence electrons. The molecule has 0 spiro atoms. The van der Waals surface area contributed by atoms with E-state index in [-0.39, 0.29) is 17.8 Å². The van der Waals surface area contributed by atoms with E-state index in [2.05, 4.69) is 25.8 Å². The summed E-state index contributed by atoms with van der Waals surface area (Å²) in [6, 6.07) is 0.0747. The van der Waals surface area contributed by atoms with Gasteiger partial charge in [0.05, 0.1) is 12.6 Å². The van der Waals surface area contributed by atoms with Crippen LogP contribution >= 0.6 is 11.3 Å². The molecular weight excluding hydrogens is 278 g/mol. The van der Waals surface area contributed by atoms with Crippen molar-refractivity contribution in [2.45, 2.75) is 32.4 Å². The Morgan fingerprint density at radius 1 is 1.60 bits per heavy atom. The van der Waals surface area contributed by atoms with Gasteiger partial charge in [0.25, 0.3) is 11.7 Å². The van der Waals surface area contributed by atoms with E-state index >= 15 is 0 Å². The van der Waals surface area contributed by atoms with Crippen LogP contribution in [0.4, 0.5) is 0 Å². The Labute approximate surface area is 119 Å². The molecular formula is C12H15N5O2S. The van der Waals surface area contributed by atoms with Gasteiger partial charge in [-0.1, -0.05) is 5.16 Å². The summed E-state index contributed by atoms with van der Waals surface area (Å²) in [5.74, 6) is 0.213. The fourth-order valence-corrected chi connectivity index (χ4v) is 2.79. The molecule has 1 atom stereocenters. The topological polar surface area (TPSA) is 92.9 Å². The first-order chi connectivity index (χ1) is 9.72. The third-order valence-electron chi connectivity index (χ3n) is 3.07. The van der Waals surface area contributed by atoms with Crippen LogP contribution in [0.3, 0.4) is 0 Å². The molecule has 3 heterocycles. The fraction of sp³-hybridized carbons (Fsp3) is 0.500. The van der Waals surface area contributed by atoms with Crippen molar-refractivity contribution in [2.24, 2.45) is 0 Å². The van der Waals surface area contributed by atoms with Crippen LogP contribution in [0.1, 0.15) is 46.1 Å². The van der Waals surface area contributed by atoms with Gasteiger partial charge in [0.15, 0.2) is 0 Å². The van der Waals surface area contributed by atoms with Crippen LogP contribution in [0.5, 0.6) is 0 Å². The third kappa shape index (κ3) is 2.86. The van der Waals surface area contributed by atoms with Crippen LogP contribution in [0, 0.1) is 6.92 Å². The molecule has 0 bridgehead atoms. The number of carbonyl (C=O) groups is 1. The smallest absolute Gasteiger partial charge is 0.293 e. The van der Waals surface area contributed by atoms with Crippen molar-refractivity contribution in [1.29, 1.82) is 0 Å². The number of amides is 1. The maximum atomic E-state index is 11.9. The summed E-state index contributed by atoms with van der Waals surface area (Å²) in [5.41, 5.74) is 0.952. The van der Waals surface area contributed by atoms with E-state index in [9.17, 15) is 4.79 Å². The van der Waals surface area contributed by atoms with E-state index in [4.69, 9.17) is 4.52 Å². The van der Waals surface area contributed by atoms with Crippen LogP contribution in [0.2, 0.25) is 0 Å². The highest BCUT2D eigenvalue weighted by atomic mass is 32.1. The molecule has 1 fully saturated rings. The lowest BCUT2D eigenvalue weighted by Crippen LogP contribution is -2.24. The average Bonchev–Trinajstić information content (AvgIpc) is 3.16. The summed E-state index contributed by atoms with van der Waals surface area (Å²) in [5, 5.41) is 12.5. The monoisotopic (exact) mass is 293 g/mol. The minimum atomic E-state index is -0.342. The van der Waals surface area contributed by atoms with Crippen LogP contribution < -0.4 is 10.6 Å². The lowest BCUT2D eigenvalue weighted by atomic mass is 10.2. The Balaban J connectivity index is 1.59. The number of thiazole rings is 1. The van der Waals surface area contributed by atoms with Crippen molar-refractivity contribution < 1.29 is 9.32 Å². The molecule has 1 amide bonds.